The van der Waals surface area contributed by atoms with Crippen molar-refractivity contribution in [3.63, 3.8) is 0 Å². The monoisotopic (exact) mass is 270 g/mol. The lowest BCUT2D eigenvalue weighted by Crippen LogP contribution is -2.28. The number of benzene rings is 1. The second-order valence-electron chi connectivity index (χ2n) is 3.73. The van der Waals surface area contributed by atoms with Crippen molar-refractivity contribution in [3.05, 3.63) is 57.5 Å². The summed E-state index contributed by atoms with van der Waals surface area (Å²) in [6.45, 7) is 1.87. The Labute approximate surface area is 109 Å². The molecule has 90 valence electrons. The Hall–Kier alpha value is -1.00. The predicted octanol–water partition coefficient (Wildman–Crippen LogP) is 3.45. The molecule has 2 aromatic rings. The van der Waals surface area contributed by atoms with E-state index in [4.69, 9.17) is 33.5 Å². The Kier molecular flexibility index (Phi) is 3.74. The zero-order chi connectivity index (χ0) is 12.4. The number of hydrogen-bond acceptors (Lipinski definition) is 3. The molecule has 0 saturated carbocycles. The van der Waals surface area contributed by atoms with Gasteiger partial charge in [-0.1, -0.05) is 35.3 Å². The largest absolute Gasteiger partial charge is 0.469 e. The van der Waals surface area contributed by atoms with Gasteiger partial charge in [-0.15, -0.1) is 0 Å². The van der Waals surface area contributed by atoms with E-state index in [1.807, 2.05) is 25.1 Å². The predicted molar refractivity (Wildman–Crippen MR) is 69.1 cm³/mol. The van der Waals surface area contributed by atoms with E-state index in [2.05, 4.69) is 5.43 Å². The highest BCUT2D eigenvalue weighted by Crippen LogP contribution is 2.33. The molecule has 3 N–H and O–H groups in total. The molecule has 1 heterocycles. The van der Waals surface area contributed by atoms with Gasteiger partial charge >= 0.3 is 0 Å². The van der Waals surface area contributed by atoms with Crippen LogP contribution in [0.5, 0.6) is 0 Å². The molecule has 0 fully saturated rings. The average Bonchev–Trinajstić information content (AvgIpc) is 2.72. The van der Waals surface area contributed by atoms with E-state index >= 15 is 0 Å². The van der Waals surface area contributed by atoms with E-state index in [-0.39, 0.29) is 6.04 Å². The average molecular weight is 271 g/mol. The van der Waals surface area contributed by atoms with Crippen molar-refractivity contribution < 1.29 is 4.42 Å². The highest BCUT2D eigenvalue weighted by atomic mass is 35.5. The minimum Gasteiger partial charge on any atom is -0.469 e. The minimum atomic E-state index is -0.237. The molecule has 0 aliphatic carbocycles. The fraction of sp³-hybridized carbons (Fsp3) is 0.167. The van der Waals surface area contributed by atoms with E-state index in [0.29, 0.717) is 10.0 Å². The van der Waals surface area contributed by atoms with Crippen LogP contribution in [0.3, 0.4) is 0 Å². The molecule has 1 aromatic carbocycles. The van der Waals surface area contributed by atoms with Crippen molar-refractivity contribution in [1.82, 2.24) is 5.43 Å². The molecule has 1 atom stereocenters. The Morgan fingerprint density at radius 1 is 1.35 bits per heavy atom. The molecule has 0 aliphatic rings. The summed E-state index contributed by atoms with van der Waals surface area (Å²) in [6.07, 6.45) is 1.65. The molecule has 0 spiro atoms. The van der Waals surface area contributed by atoms with Gasteiger partial charge in [0.15, 0.2) is 0 Å². The Morgan fingerprint density at radius 3 is 2.71 bits per heavy atom. The lowest BCUT2D eigenvalue weighted by molar-refractivity contribution is 0.526. The summed E-state index contributed by atoms with van der Waals surface area (Å²) in [7, 11) is 0. The highest BCUT2D eigenvalue weighted by Gasteiger charge is 2.18. The lowest BCUT2D eigenvalue weighted by Gasteiger charge is -2.16. The van der Waals surface area contributed by atoms with Gasteiger partial charge in [-0.2, -0.15) is 0 Å². The Bertz CT molecular complexity index is 525. The molecule has 3 nitrogen and oxygen atoms in total. The van der Waals surface area contributed by atoms with Crippen LogP contribution >= 0.6 is 23.2 Å². The molecule has 0 bridgehead atoms. The van der Waals surface area contributed by atoms with Crippen molar-refractivity contribution in [2.75, 3.05) is 0 Å². The molecule has 1 unspecified atom stereocenters. The van der Waals surface area contributed by atoms with Crippen molar-refractivity contribution >= 4 is 23.2 Å². The summed E-state index contributed by atoms with van der Waals surface area (Å²) in [6, 6.07) is 7.12. The third kappa shape index (κ3) is 2.48. The summed E-state index contributed by atoms with van der Waals surface area (Å²) >= 11 is 12.1. The first-order chi connectivity index (χ1) is 8.13. The van der Waals surface area contributed by atoms with E-state index in [0.717, 1.165) is 16.9 Å². The number of halogens is 2. The first-order valence-electron chi connectivity index (χ1n) is 5.08. The summed E-state index contributed by atoms with van der Waals surface area (Å²) in [5.41, 5.74) is 4.45. The smallest absolute Gasteiger partial charge is 0.101 e. The molecule has 0 saturated heterocycles. The van der Waals surface area contributed by atoms with E-state index in [9.17, 15) is 0 Å². The maximum atomic E-state index is 6.17. The molecule has 2 rings (SSSR count). The van der Waals surface area contributed by atoms with Crippen molar-refractivity contribution in [2.24, 2.45) is 5.84 Å². The van der Waals surface area contributed by atoms with Crippen LogP contribution in [0.15, 0.2) is 34.9 Å². The van der Waals surface area contributed by atoms with Crippen molar-refractivity contribution in [2.45, 2.75) is 13.0 Å². The Balaban J connectivity index is 2.45. The van der Waals surface area contributed by atoms with Gasteiger partial charge in [0.05, 0.1) is 22.4 Å². The molecule has 0 amide bonds. The number of nitrogens with two attached hydrogens (primary N) is 1. The fourth-order valence-electron chi connectivity index (χ4n) is 1.72. The van der Waals surface area contributed by atoms with Crippen LogP contribution in [0.2, 0.25) is 10.0 Å². The molecular formula is C12H12Cl2N2O. The van der Waals surface area contributed by atoms with E-state index in [1.54, 1.807) is 12.3 Å². The maximum absolute atomic E-state index is 6.17. The number of aryl methyl sites for hydroxylation is 1. The molecular weight excluding hydrogens is 259 g/mol. The summed E-state index contributed by atoms with van der Waals surface area (Å²) in [5, 5.41) is 1.00. The van der Waals surface area contributed by atoms with Gasteiger partial charge < -0.3 is 4.42 Å². The van der Waals surface area contributed by atoms with Gasteiger partial charge in [0, 0.05) is 5.56 Å². The SMILES string of the molecule is Cc1cc(C(NN)c2cccc(Cl)c2Cl)co1. The van der Waals surface area contributed by atoms with Crippen LogP contribution in [-0.4, -0.2) is 0 Å². The van der Waals surface area contributed by atoms with Gasteiger partial charge in [-0.3, -0.25) is 5.84 Å². The lowest BCUT2D eigenvalue weighted by atomic mass is 10.0. The summed E-state index contributed by atoms with van der Waals surface area (Å²) in [4.78, 5) is 0. The van der Waals surface area contributed by atoms with Crippen LogP contribution < -0.4 is 11.3 Å². The normalized spacial score (nSPS) is 12.7. The first-order valence-corrected chi connectivity index (χ1v) is 5.84. The van der Waals surface area contributed by atoms with Gasteiger partial charge in [-0.05, 0) is 24.6 Å². The zero-order valence-corrected chi connectivity index (χ0v) is 10.7. The third-order valence-corrected chi connectivity index (χ3v) is 3.38. The van der Waals surface area contributed by atoms with Crippen LogP contribution in [0.25, 0.3) is 0 Å². The zero-order valence-electron chi connectivity index (χ0n) is 9.21. The summed E-state index contributed by atoms with van der Waals surface area (Å²) in [5.74, 6) is 6.39. The minimum absolute atomic E-state index is 0.237. The maximum Gasteiger partial charge on any atom is 0.101 e. The number of nitrogens with one attached hydrogen (secondary N) is 1. The molecule has 17 heavy (non-hydrogen) atoms. The molecule has 0 aliphatic heterocycles. The van der Waals surface area contributed by atoms with E-state index < -0.39 is 0 Å². The highest BCUT2D eigenvalue weighted by molar-refractivity contribution is 6.42. The van der Waals surface area contributed by atoms with Gasteiger partial charge in [-0.25, -0.2) is 5.43 Å². The van der Waals surface area contributed by atoms with Crippen LogP contribution in [0.4, 0.5) is 0 Å². The van der Waals surface area contributed by atoms with Gasteiger partial charge in [0.1, 0.15) is 5.76 Å². The molecule has 1 aromatic heterocycles. The topological polar surface area (TPSA) is 51.2 Å². The second kappa shape index (κ2) is 5.10. The van der Waals surface area contributed by atoms with Crippen LogP contribution in [0, 0.1) is 6.92 Å². The summed E-state index contributed by atoms with van der Waals surface area (Å²) < 4.78 is 5.27. The van der Waals surface area contributed by atoms with Crippen LogP contribution in [0.1, 0.15) is 22.9 Å². The van der Waals surface area contributed by atoms with Gasteiger partial charge in [0.25, 0.3) is 0 Å². The van der Waals surface area contributed by atoms with E-state index in [1.165, 1.54) is 0 Å². The first kappa shape index (κ1) is 12.5. The fourth-order valence-corrected chi connectivity index (χ4v) is 2.14. The molecule has 5 heteroatoms. The van der Waals surface area contributed by atoms with Crippen molar-refractivity contribution in [1.29, 1.82) is 0 Å². The Morgan fingerprint density at radius 2 is 2.12 bits per heavy atom. The third-order valence-electron chi connectivity index (χ3n) is 2.54. The number of hydrogen-bond donors (Lipinski definition) is 2. The van der Waals surface area contributed by atoms with Gasteiger partial charge in [0.2, 0.25) is 0 Å². The standard InChI is InChI=1S/C12H12Cl2N2O/c1-7-5-8(6-17-7)12(16-15)9-3-2-4-10(13)11(9)14/h2-6,12,16H,15H2,1H3. The number of rotatable bonds is 3. The number of furan rings is 1. The molecule has 0 radical (unpaired) electrons. The second-order valence-corrected chi connectivity index (χ2v) is 4.52. The van der Waals surface area contributed by atoms with Crippen molar-refractivity contribution in [3.8, 4) is 0 Å². The quantitative estimate of drug-likeness (QED) is 0.664. The number of hydrazine groups is 1. The van der Waals surface area contributed by atoms with Crippen LogP contribution in [-0.2, 0) is 0 Å².